The van der Waals surface area contributed by atoms with Gasteiger partial charge in [0.25, 0.3) is 0 Å². The maximum atomic E-state index is 11.5. The van der Waals surface area contributed by atoms with Crippen LogP contribution in [0.15, 0.2) is 24.3 Å². The summed E-state index contributed by atoms with van der Waals surface area (Å²) in [7, 11) is 1.37. The molecular formula is C13H14N2O2S. The van der Waals surface area contributed by atoms with E-state index in [1.165, 1.54) is 24.0 Å². The number of carbonyl (C=O) groups is 1. The standard InChI is InChI=1S/C13H14N2O2S/c1-8-4-6-10(7-5-8)15-13-14-9(2)11(18-13)12(16)17-3/h4-7H,1-3H3,(H,14,15). The first-order valence-corrected chi connectivity index (χ1v) is 6.31. The van der Waals surface area contributed by atoms with E-state index in [2.05, 4.69) is 10.3 Å². The highest BCUT2D eigenvalue weighted by Gasteiger charge is 2.15. The molecule has 0 amide bonds. The lowest BCUT2D eigenvalue weighted by Crippen LogP contribution is -1.99. The molecule has 0 bridgehead atoms. The Bertz CT molecular complexity index is 561. The summed E-state index contributed by atoms with van der Waals surface area (Å²) >= 11 is 1.29. The number of thiazole rings is 1. The number of aromatic nitrogens is 1. The number of anilines is 2. The molecule has 4 nitrogen and oxygen atoms in total. The highest BCUT2D eigenvalue weighted by Crippen LogP contribution is 2.26. The topological polar surface area (TPSA) is 51.2 Å². The van der Waals surface area contributed by atoms with Gasteiger partial charge in [0.15, 0.2) is 5.13 Å². The van der Waals surface area contributed by atoms with E-state index < -0.39 is 0 Å². The summed E-state index contributed by atoms with van der Waals surface area (Å²) in [6.07, 6.45) is 0. The Labute approximate surface area is 110 Å². The van der Waals surface area contributed by atoms with Crippen LogP contribution in [-0.2, 0) is 4.74 Å². The number of nitrogens with one attached hydrogen (secondary N) is 1. The number of aryl methyl sites for hydroxylation is 2. The summed E-state index contributed by atoms with van der Waals surface area (Å²) < 4.78 is 4.70. The van der Waals surface area contributed by atoms with Crippen LogP contribution in [0.4, 0.5) is 10.8 Å². The Morgan fingerprint density at radius 3 is 2.56 bits per heavy atom. The van der Waals surface area contributed by atoms with Gasteiger partial charge < -0.3 is 10.1 Å². The lowest BCUT2D eigenvalue weighted by molar-refractivity contribution is 0.0605. The number of esters is 1. The summed E-state index contributed by atoms with van der Waals surface area (Å²) in [4.78, 5) is 16.3. The van der Waals surface area contributed by atoms with Gasteiger partial charge in [0.2, 0.25) is 0 Å². The summed E-state index contributed by atoms with van der Waals surface area (Å²) in [5.41, 5.74) is 2.83. The van der Waals surface area contributed by atoms with Crippen molar-refractivity contribution in [3.63, 3.8) is 0 Å². The number of ether oxygens (including phenoxy) is 1. The average molecular weight is 262 g/mol. The minimum Gasteiger partial charge on any atom is -0.465 e. The first-order valence-electron chi connectivity index (χ1n) is 5.49. The van der Waals surface area contributed by atoms with E-state index in [4.69, 9.17) is 4.74 Å². The van der Waals surface area contributed by atoms with Crippen molar-refractivity contribution in [2.24, 2.45) is 0 Å². The lowest BCUT2D eigenvalue weighted by atomic mass is 10.2. The van der Waals surface area contributed by atoms with Crippen molar-refractivity contribution >= 4 is 28.1 Å². The van der Waals surface area contributed by atoms with Gasteiger partial charge in [-0.2, -0.15) is 0 Å². The zero-order chi connectivity index (χ0) is 13.1. The van der Waals surface area contributed by atoms with E-state index in [0.29, 0.717) is 15.7 Å². The summed E-state index contributed by atoms with van der Waals surface area (Å²) in [6.45, 7) is 3.83. The van der Waals surface area contributed by atoms with E-state index in [-0.39, 0.29) is 5.97 Å². The lowest BCUT2D eigenvalue weighted by Gasteiger charge is -2.01. The Morgan fingerprint density at radius 1 is 1.28 bits per heavy atom. The van der Waals surface area contributed by atoms with Crippen molar-refractivity contribution in [3.05, 3.63) is 40.4 Å². The van der Waals surface area contributed by atoms with Crippen LogP contribution < -0.4 is 5.32 Å². The van der Waals surface area contributed by atoms with Gasteiger partial charge in [-0.1, -0.05) is 29.0 Å². The molecule has 2 aromatic rings. The van der Waals surface area contributed by atoms with Crippen molar-refractivity contribution in [1.82, 2.24) is 4.98 Å². The Balaban J connectivity index is 2.20. The van der Waals surface area contributed by atoms with Crippen LogP contribution in [0.2, 0.25) is 0 Å². The number of methoxy groups -OCH3 is 1. The maximum absolute atomic E-state index is 11.5. The van der Waals surface area contributed by atoms with E-state index >= 15 is 0 Å². The number of hydrogen-bond donors (Lipinski definition) is 1. The number of benzene rings is 1. The minimum absolute atomic E-state index is 0.345. The van der Waals surface area contributed by atoms with Crippen molar-refractivity contribution < 1.29 is 9.53 Å². The monoisotopic (exact) mass is 262 g/mol. The second-order valence-corrected chi connectivity index (χ2v) is 4.92. The van der Waals surface area contributed by atoms with E-state index in [9.17, 15) is 4.79 Å². The molecular weight excluding hydrogens is 248 g/mol. The van der Waals surface area contributed by atoms with E-state index in [1.54, 1.807) is 6.92 Å². The Kier molecular flexibility index (Phi) is 3.62. The molecule has 0 saturated heterocycles. The molecule has 0 spiro atoms. The van der Waals surface area contributed by atoms with Crippen LogP contribution in [0.3, 0.4) is 0 Å². The minimum atomic E-state index is -0.345. The predicted molar refractivity (Wildman–Crippen MR) is 72.7 cm³/mol. The first-order chi connectivity index (χ1) is 8.60. The largest absolute Gasteiger partial charge is 0.465 e. The summed E-state index contributed by atoms with van der Waals surface area (Å²) in [5.74, 6) is -0.345. The number of rotatable bonds is 3. The third kappa shape index (κ3) is 2.68. The summed E-state index contributed by atoms with van der Waals surface area (Å²) in [6, 6.07) is 7.99. The smallest absolute Gasteiger partial charge is 0.350 e. The highest BCUT2D eigenvalue weighted by atomic mass is 32.1. The SMILES string of the molecule is COC(=O)c1sc(Nc2ccc(C)cc2)nc1C. The van der Waals surface area contributed by atoms with Gasteiger partial charge in [0.05, 0.1) is 12.8 Å². The molecule has 0 radical (unpaired) electrons. The molecule has 1 aromatic heterocycles. The molecule has 2 rings (SSSR count). The Hall–Kier alpha value is -1.88. The van der Waals surface area contributed by atoms with Gasteiger partial charge in [-0.05, 0) is 26.0 Å². The van der Waals surface area contributed by atoms with E-state index in [1.807, 2.05) is 31.2 Å². The van der Waals surface area contributed by atoms with Gasteiger partial charge >= 0.3 is 5.97 Å². The summed E-state index contributed by atoms with van der Waals surface area (Å²) in [5, 5.41) is 3.86. The first kappa shape index (κ1) is 12.6. The Morgan fingerprint density at radius 2 is 1.94 bits per heavy atom. The van der Waals surface area contributed by atoms with Gasteiger partial charge in [-0.15, -0.1) is 0 Å². The van der Waals surface area contributed by atoms with E-state index in [0.717, 1.165) is 5.69 Å². The zero-order valence-electron chi connectivity index (χ0n) is 10.5. The molecule has 0 aliphatic heterocycles. The number of carbonyl (C=O) groups excluding carboxylic acids is 1. The molecule has 0 unspecified atom stereocenters. The maximum Gasteiger partial charge on any atom is 0.350 e. The molecule has 1 heterocycles. The third-order valence-electron chi connectivity index (χ3n) is 2.47. The van der Waals surface area contributed by atoms with Crippen LogP contribution in [0.1, 0.15) is 20.9 Å². The number of nitrogens with zero attached hydrogens (tertiary/aromatic N) is 1. The van der Waals surface area contributed by atoms with Gasteiger partial charge in [-0.25, -0.2) is 9.78 Å². The fourth-order valence-corrected chi connectivity index (χ4v) is 2.40. The quantitative estimate of drug-likeness (QED) is 0.862. The molecule has 94 valence electrons. The number of hydrogen-bond acceptors (Lipinski definition) is 5. The molecule has 1 N–H and O–H groups in total. The van der Waals surface area contributed by atoms with Crippen molar-refractivity contribution in [1.29, 1.82) is 0 Å². The van der Waals surface area contributed by atoms with Crippen LogP contribution >= 0.6 is 11.3 Å². The molecule has 1 aromatic carbocycles. The highest BCUT2D eigenvalue weighted by molar-refractivity contribution is 7.17. The molecule has 0 atom stereocenters. The van der Waals surface area contributed by atoms with Crippen LogP contribution in [0.25, 0.3) is 0 Å². The van der Waals surface area contributed by atoms with Crippen LogP contribution in [0.5, 0.6) is 0 Å². The molecule has 0 aliphatic carbocycles. The molecule has 0 aliphatic rings. The van der Waals surface area contributed by atoms with Gasteiger partial charge in [-0.3, -0.25) is 0 Å². The van der Waals surface area contributed by atoms with Gasteiger partial charge in [0.1, 0.15) is 4.88 Å². The molecule has 0 fully saturated rings. The average Bonchev–Trinajstić information content (AvgIpc) is 2.72. The van der Waals surface area contributed by atoms with Crippen molar-refractivity contribution in [2.45, 2.75) is 13.8 Å². The second kappa shape index (κ2) is 5.18. The van der Waals surface area contributed by atoms with Crippen LogP contribution in [-0.4, -0.2) is 18.1 Å². The molecule has 0 saturated carbocycles. The normalized spacial score (nSPS) is 10.2. The molecule has 18 heavy (non-hydrogen) atoms. The molecule has 5 heteroatoms. The van der Waals surface area contributed by atoms with Crippen molar-refractivity contribution in [2.75, 3.05) is 12.4 Å². The second-order valence-electron chi connectivity index (χ2n) is 3.92. The van der Waals surface area contributed by atoms with Gasteiger partial charge in [0, 0.05) is 5.69 Å². The fraction of sp³-hybridized carbons (Fsp3) is 0.231. The zero-order valence-corrected chi connectivity index (χ0v) is 11.3. The predicted octanol–water partition coefficient (Wildman–Crippen LogP) is 3.29. The van der Waals surface area contributed by atoms with Crippen molar-refractivity contribution in [3.8, 4) is 0 Å². The van der Waals surface area contributed by atoms with Crippen LogP contribution in [0, 0.1) is 13.8 Å². The third-order valence-corrected chi connectivity index (χ3v) is 3.52. The fourth-order valence-electron chi connectivity index (χ4n) is 1.49.